The van der Waals surface area contributed by atoms with Crippen molar-refractivity contribution in [3.8, 4) is 11.3 Å². The van der Waals surface area contributed by atoms with Crippen molar-refractivity contribution in [2.75, 3.05) is 26.7 Å². The van der Waals surface area contributed by atoms with E-state index in [2.05, 4.69) is 42.1 Å². The van der Waals surface area contributed by atoms with Gasteiger partial charge in [0.25, 0.3) is 0 Å². The van der Waals surface area contributed by atoms with Crippen molar-refractivity contribution in [2.24, 2.45) is 11.7 Å². The van der Waals surface area contributed by atoms with Crippen LogP contribution in [0.2, 0.25) is 5.02 Å². The summed E-state index contributed by atoms with van der Waals surface area (Å²) < 4.78 is 2.17. The van der Waals surface area contributed by atoms with Gasteiger partial charge in [-0.3, -0.25) is 4.79 Å². The lowest BCUT2D eigenvalue weighted by atomic mass is 10.0. The largest absolute Gasteiger partial charge is 0.331 e. The van der Waals surface area contributed by atoms with Crippen molar-refractivity contribution in [3.05, 3.63) is 77.2 Å². The second kappa shape index (κ2) is 12.0. The third kappa shape index (κ3) is 6.44. The molecule has 1 aromatic heterocycles. The van der Waals surface area contributed by atoms with Crippen LogP contribution in [-0.2, 0) is 11.3 Å². The Morgan fingerprint density at radius 3 is 2.58 bits per heavy atom. The Hall–Kier alpha value is -2.67. The minimum absolute atomic E-state index is 0.0446. The zero-order valence-corrected chi connectivity index (χ0v) is 20.4. The number of carbonyl (C=O) groups is 1. The first-order chi connectivity index (χ1) is 15.9. The molecular formula is C26H34ClN5O. The Morgan fingerprint density at radius 1 is 1.18 bits per heavy atom. The molecule has 0 aliphatic heterocycles. The topological polar surface area (TPSA) is 76.2 Å². The number of likely N-dealkylation sites (N-methyl/N-ethyl adjacent to an activating group) is 1. The van der Waals surface area contributed by atoms with Crippen molar-refractivity contribution < 1.29 is 4.79 Å². The summed E-state index contributed by atoms with van der Waals surface area (Å²) in [6.45, 7) is 6.32. The van der Waals surface area contributed by atoms with E-state index in [4.69, 9.17) is 22.3 Å². The Morgan fingerprint density at radius 2 is 1.94 bits per heavy atom. The van der Waals surface area contributed by atoms with Gasteiger partial charge in [-0.15, -0.1) is 0 Å². The van der Waals surface area contributed by atoms with Crippen LogP contribution in [0.15, 0.2) is 60.8 Å². The van der Waals surface area contributed by atoms with Crippen molar-refractivity contribution in [1.82, 2.24) is 19.8 Å². The molecule has 3 rings (SSSR count). The molecule has 0 fully saturated rings. The molecule has 0 saturated heterocycles. The van der Waals surface area contributed by atoms with Gasteiger partial charge in [0.2, 0.25) is 5.91 Å². The Labute approximate surface area is 201 Å². The number of carbonyl (C=O) groups excluding carboxylic acids is 1. The minimum atomic E-state index is -0.186. The molecule has 0 bridgehead atoms. The number of hydrogen-bond donors (Lipinski definition) is 2. The van der Waals surface area contributed by atoms with Crippen LogP contribution in [0.4, 0.5) is 0 Å². The molecule has 1 unspecified atom stereocenters. The number of imidazole rings is 1. The third-order valence-corrected chi connectivity index (χ3v) is 5.84. The quantitative estimate of drug-likeness (QED) is 0.439. The van der Waals surface area contributed by atoms with Gasteiger partial charge >= 0.3 is 0 Å². The summed E-state index contributed by atoms with van der Waals surface area (Å²) >= 11 is 6.26. The number of nitrogens with zero attached hydrogens (tertiary/aromatic N) is 3. The van der Waals surface area contributed by atoms with E-state index in [1.165, 1.54) is 5.56 Å². The second-order valence-corrected chi connectivity index (χ2v) is 8.99. The predicted molar refractivity (Wildman–Crippen MR) is 135 cm³/mol. The number of halogens is 1. The number of aromatic nitrogens is 2. The summed E-state index contributed by atoms with van der Waals surface area (Å²) in [5.41, 5.74) is 8.77. The molecule has 1 heterocycles. The monoisotopic (exact) mass is 467 g/mol. The lowest BCUT2D eigenvalue weighted by Crippen LogP contribution is -2.43. The molecule has 0 radical (unpaired) electrons. The zero-order valence-electron chi connectivity index (χ0n) is 19.7. The fourth-order valence-electron chi connectivity index (χ4n) is 4.09. The normalized spacial score (nSPS) is 12.2. The highest BCUT2D eigenvalue weighted by molar-refractivity contribution is 6.30. The van der Waals surface area contributed by atoms with Crippen LogP contribution in [0.3, 0.4) is 0 Å². The van der Waals surface area contributed by atoms with Crippen molar-refractivity contribution in [3.63, 3.8) is 0 Å². The molecule has 0 aliphatic carbocycles. The maximum absolute atomic E-state index is 13.1. The molecule has 33 heavy (non-hydrogen) atoms. The third-order valence-electron chi connectivity index (χ3n) is 5.61. The number of benzene rings is 2. The van der Waals surface area contributed by atoms with Gasteiger partial charge in [-0.25, -0.2) is 4.98 Å². The number of nitrogens with two attached hydrogens (primary N) is 1. The van der Waals surface area contributed by atoms with E-state index in [-0.39, 0.29) is 24.4 Å². The van der Waals surface area contributed by atoms with Crippen molar-refractivity contribution in [2.45, 2.75) is 32.9 Å². The molecule has 2 aromatic carbocycles. The molecule has 176 valence electrons. The molecule has 0 aliphatic rings. The van der Waals surface area contributed by atoms with E-state index in [1.807, 2.05) is 47.4 Å². The fraction of sp³-hybridized carbons (Fsp3) is 0.385. The number of amides is 1. The summed E-state index contributed by atoms with van der Waals surface area (Å²) in [5.74, 6) is 1.07. The van der Waals surface area contributed by atoms with Crippen LogP contribution in [-0.4, -0.2) is 47.0 Å². The molecule has 6 nitrogen and oxygen atoms in total. The highest BCUT2D eigenvalue weighted by Crippen LogP contribution is 2.32. The van der Waals surface area contributed by atoms with Crippen LogP contribution in [0.5, 0.6) is 0 Å². The Kier molecular flexibility index (Phi) is 9.06. The van der Waals surface area contributed by atoms with Gasteiger partial charge in [-0.1, -0.05) is 67.9 Å². The first-order valence-electron chi connectivity index (χ1n) is 11.5. The summed E-state index contributed by atoms with van der Waals surface area (Å²) in [7, 11) is 1.79. The van der Waals surface area contributed by atoms with Gasteiger partial charge in [-0.2, -0.15) is 0 Å². The first-order valence-corrected chi connectivity index (χ1v) is 11.8. The van der Waals surface area contributed by atoms with Crippen LogP contribution < -0.4 is 11.1 Å². The first kappa shape index (κ1) is 25.0. The summed E-state index contributed by atoms with van der Waals surface area (Å²) in [6, 6.07) is 17.8. The van der Waals surface area contributed by atoms with Gasteiger partial charge in [0, 0.05) is 29.9 Å². The molecule has 3 N–H and O–H groups in total. The molecule has 7 heteroatoms. The smallest absolute Gasteiger partial charge is 0.237 e. The molecule has 0 saturated carbocycles. The Balaban J connectivity index is 2.11. The summed E-state index contributed by atoms with van der Waals surface area (Å²) in [6.07, 6.45) is 2.80. The molecular weight excluding hydrogens is 434 g/mol. The Bertz CT molecular complexity index is 1030. The summed E-state index contributed by atoms with van der Waals surface area (Å²) in [4.78, 5) is 20.1. The highest BCUT2D eigenvalue weighted by Gasteiger charge is 2.31. The van der Waals surface area contributed by atoms with Crippen molar-refractivity contribution >= 4 is 17.5 Å². The van der Waals surface area contributed by atoms with Gasteiger partial charge in [0.15, 0.2) is 0 Å². The minimum Gasteiger partial charge on any atom is -0.331 e. The van der Waals surface area contributed by atoms with Crippen LogP contribution in [0.1, 0.15) is 37.7 Å². The fourth-order valence-corrected chi connectivity index (χ4v) is 4.28. The standard InChI is InChI=1S/C26H34ClN5O/c1-19(2)25(32(14-8-13-28)24(33)16-29-3)26-30-23(21-11-7-12-22(27)15-21)18-31(26)17-20-9-5-4-6-10-20/h4-7,9-12,15,18-19,25,29H,8,13-14,16-17,28H2,1-3H3. The van der Waals surface area contributed by atoms with E-state index in [0.29, 0.717) is 24.7 Å². The molecule has 0 spiro atoms. The predicted octanol–water partition coefficient (Wildman–Crippen LogP) is 4.35. The molecule has 3 aromatic rings. The van der Waals surface area contributed by atoms with E-state index in [1.54, 1.807) is 7.05 Å². The highest BCUT2D eigenvalue weighted by atomic mass is 35.5. The van der Waals surface area contributed by atoms with E-state index in [0.717, 1.165) is 23.5 Å². The molecule has 1 amide bonds. The van der Waals surface area contributed by atoms with Crippen LogP contribution in [0, 0.1) is 5.92 Å². The lowest BCUT2D eigenvalue weighted by molar-refractivity contribution is -0.134. The van der Waals surface area contributed by atoms with E-state index >= 15 is 0 Å². The molecule has 1 atom stereocenters. The van der Waals surface area contributed by atoms with Gasteiger partial charge < -0.3 is 20.5 Å². The number of nitrogens with one attached hydrogen (secondary N) is 1. The summed E-state index contributed by atoms with van der Waals surface area (Å²) in [5, 5.41) is 3.66. The van der Waals surface area contributed by atoms with Gasteiger partial charge in [0.05, 0.1) is 18.3 Å². The van der Waals surface area contributed by atoms with Crippen LogP contribution >= 0.6 is 11.6 Å². The maximum atomic E-state index is 13.1. The van der Waals surface area contributed by atoms with Gasteiger partial charge in [-0.05, 0) is 43.6 Å². The van der Waals surface area contributed by atoms with Gasteiger partial charge in [0.1, 0.15) is 5.82 Å². The van der Waals surface area contributed by atoms with E-state index < -0.39 is 0 Å². The average Bonchev–Trinajstić information content (AvgIpc) is 3.20. The SMILES string of the molecule is CNCC(=O)N(CCCN)C(c1nc(-c2cccc(Cl)c2)cn1Cc1ccccc1)C(C)C. The van der Waals surface area contributed by atoms with Crippen molar-refractivity contribution in [1.29, 1.82) is 0 Å². The number of rotatable bonds is 11. The number of hydrogen-bond acceptors (Lipinski definition) is 4. The van der Waals surface area contributed by atoms with Crippen LogP contribution in [0.25, 0.3) is 11.3 Å². The zero-order chi connectivity index (χ0) is 23.8. The van der Waals surface area contributed by atoms with E-state index in [9.17, 15) is 4.79 Å². The average molecular weight is 468 g/mol. The maximum Gasteiger partial charge on any atom is 0.237 e. The lowest BCUT2D eigenvalue weighted by Gasteiger charge is -2.34. The second-order valence-electron chi connectivity index (χ2n) is 8.56.